The summed E-state index contributed by atoms with van der Waals surface area (Å²) >= 11 is 0. The van der Waals surface area contributed by atoms with Crippen molar-refractivity contribution in [2.24, 2.45) is 23.7 Å². The van der Waals surface area contributed by atoms with Gasteiger partial charge in [-0.2, -0.15) is 0 Å². The predicted octanol–water partition coefficient (Wildman–Crippen LogP) is 2.35. The van der Waals surface area contributed by atoms with Gasteiger partial charge < -0.3 is 10.2 Å². The van der Waals surface area contributed by atoms with E-state index < -0.39 is 0 Å². The molecule has 0 unspecified atom stereocenters. The smallest absolute Gasteiger partial charge is 0.256 e. The molecule has 0 saturated heterocycles. The number of carbonyl (C=O) groups is 2. The zero-order valence-electron chi connectivity index (χ0n) is 14.0. The Bertz CT molecular complexity index is 467. The van der Waals surface area contributed by atoms with Crippen LogP contribution >= 0.6 is 0 Å². The summed E-state index contributed by atoms with van der Waals surface area (Å²) in [5.74, 6) is 2.82. The molecule has 0 aromatic rings. The second kappa shape index (κ2) is 6.05. The molecule has 4 bridgehead atoms. The minimum absolute atomic E-state index is 0.0741. The van der Waals surface area contributed by atoms with Gasteiger partial charge in [-0.1, -0.05) is 6.92 Å². The molecule has 22 heavy (non-hydrogen) atoms. The summed E-state index contributed by atoms with van der Waals surface area (Å²) in [6, 6.07) is 0.288. The summed E-state index contributed by atoms with van der Waals surface area (Å²) in [5, 5.41) is 3.23. The van der Waals surface area contributed by atoms with Crippen LogP contribution in [-0.2, 0) is 9.59 Å². The number of rotatable bonds is 5. The van der Waals surface area contributed by atoms with E-state index in [1.165, 1.54) is 32.1 Å². The molecule has 1 amide bonds. The first kappa shape index (κ1) is 15.6. The Labute approximate surface area is 133 Å². The maximum Gasteiger partial charge on any atom is 0.256 e. The van der Waals surface area contributed by atoms with Crippen LogP contribution < -0.4 is 5.32 Å². The minimum atomic E-state index is -0.168. The van der Waals surface area contributed by atoms with E-state index in [1.807, 2.05) is 21.0 Å². The minimum Gasteiger partial charge on any atom is -0.383 e. The highest BCUT2D eigenvalue weighted by Gasteiger charge is 2.48. The Hall–Kier alpha value is -1.32. The molecule has 0 spiro atoms. The lowest BCUT2D eigenvalue weighted by molar-refractivity contribution is -0.125. The van der Waals surface area contributed by atoms with E-state index in [1.54, 1.807) is 11.1 Å². The summed E-state index contributed by atoms with van der Waals surface area (Å²) in [5.41, 5.74) is 0.307. The van der Waals surface area contributed by atoms with Crippen LogP contribution in [0.3, 0.4) is 0 Å². The molecule has 4 nitrogen and oxygen atoms in total. The molecule has 4 fully saturated rings. The van der Waals surface area contributed by atoms with E-state index in [4.69, 9.17) is 0 Å². The third kappa shape index (κ3) is 2.92. The first-order valence-corrected chi connectivity index (χ1v) is 8.70. The Morgan fingerprint density at radius 2 is 1.59 bits per heavy atom. The number of hydrogen-bond acceptors (Lipinski definition) is 3. The number of nitrogens with zero attached hydrogens (tertiary/aromatic N) is 1. The standard InChI is InChI=1S/C18H28N2O2/c1-4-16(21)15(10-20(2)3)18(22)19-17-13-6-11-5-12(8-13)9-14(17)7-11/h10-14,17H,4-9H2,1-3H3,(H,19,22)/b15-10+. The largest absolute Gasteiger partial charge is 0.383 e. The van der Waals surface area contributed by atoms with E-state index in [0.717, 1.165) is 11.8 Å². The van der Waals surface area contributed by atoms with Crippen molar-refractivity contribution in [3.8, 4) is 0 Å². The summed E-state index contributed by atoms with van der Waals surface area (Å²) in [7, 11) is 3.69. The predicted molar refractivity (Wildman–Crippen MR) is 86.0 cm³/mol. The zero-order chi connectivity index (χ0) is 15.9. The summed E-state index contributed by atoms with van der Waals surface area (Å²) < 4.78 is 0. The SMILES string of the molecule is CCC(=O)/C(=C\N(C)C)C(=O)NC1C2CC3CC(C2)CC1C3. The van der Waals surface area contributed by atoms with Crippen molar-refractivity contribution in [1.29, 1.82) is 0 Å². The Kier molecular flexibility index (Phi) is 4.28. The van der Waals surface area contributed by atoms with Gasteiger partial charge >= 0.3 is 0 Å². The lowest BCUT2D eigenvalue weighted by atomic mass is 9.54. The summed E-state index contributed by atoms with van der Waals surface area (Å²) in [6.45, 7) is 1.81. The molecule has 0 heterocycles. The van der Waals surface area contributed by atoms with E-state index >= 15 is 0 Å². The highest BCUT2D eigenvalue weighted by Crippen LogP contribution is 2.53. The fourth-order valence-corrected chi connectivity index (χ4v) is 5.10. The van der Waals surface area contributed by atoms with Crippen molar-refractivity contribution in [1.82, 2.24) is 10.2 Å². The Morgan fingerprint density at radius 3 is 2.05 bits per heavy atom. The molecule has 122 valence electrons. The van der Waals surface area contributed by atoms with Crippen LogP contribution in [0, 0.1) is 23.7 Å². The first-order chi connectivity index (χ1) is 10.5. The molecule has 4 saturated carbocycles. The van der Waals surface area contributed by atoms with Crippen molar-refractivity contribution in [2.75, 3.05) is 14.1 Å². The second-order valence-electron chi connectivity index (χ2n) is 7.71. The molecular formula is C18H28N2O2. The van der Waals surface area contributed by atoms with Crippen LogP contribution in [0.1, 0.15) is 45.4 Å². The third-order valence-corrected chi connectivity index (χ3v) is 5.78. The van der Waals surface area contributed by atoms with Gasteiger partial charge in [0.05, 0.1) is 5.57 Å². The van der Waals surface area contributed by atoms with Gasteiger partial charge in [0.15, 0.2) is 5.78 Å². The van der Waals surface area contributed by atoms with Crippen LogP contribution in [-0.4, -0.2) is 36.7 Å². The molecule has 0 atom stereocenters. The quantitative estimate of drug-likeness (QED) is 0.482. The highest BCUT2D eigenvalue weighted by molar-refractivity contribution is 6.19. The Morgan fingerprint density at radius 1 is 1.05 bits per heavy atom. The molecule has 1 N–H and O–H groups in total. The zero-order valence-corrected chi connectivity index (χ0v) is 14.0. The monoisotopic (exact) mass is 304 g/mol. The number of carbonyl (C=O) groups excluding carboxylic acids is 2. The van der Waals surface area contributed by atoms with Gasteiger partial charge in [-0.05, 0) is 55.8 Å². The van der Waals surface area contributed by atoms with Crippen LogP contribution in [0.15, 0.2) is 11.8 Å². The number of nitrogens with one attached hydrogen (secondary N) is 1. The first-order valence-electron chi connectivity index (χ1n) is 8.70. The maximum atomic E-state index is 12.6. The van der Waals surface area contributed by atoms with E-state index in [-0.39, 0.29) is 17.7 Å². The number of amides is 1. The second-order valence-corrected chi connectivity index (χ2v) is 7.71. The van der Waals surface area contributed by atoms with Crippen molar-refractivity contribution >= 4 is 11.7 Å². The van der Waals surface area contributed by atoms with Crippen LogP contribution in [0.5, 0.6) is 0 Å². The molecule has 0 radical (unpaired) electrons. The molecule has 0 aromatic heterocycles. The third-order valence-electron chi connectivity index (χ3n) is 5.78. The lowest BCUT2D eigenvalue weighted by Crippen LogP contribution is -2.56. The fraction of sp³-hybridized carbons (Fsp3) is 0.778. The number of Topliss-reactive ketones (excluding diaryl/α,β-unsaturated/α-hetero) is 1. The molecule has 0 aliphatic heterocycles. The highest BCUT2D eigenvalue weighted by atomic mass is 16.2. The van der Waals surface area contributed by atoms with Gasteiger partial charge in [0.2, 0.25) is 0 Å². The van der Waals surface area contributed by atoms with Crippen molar-refractivity contribution in [3.63, 3.8) is 0 Å². The van der Waals surface area contributed by atoms with Crippen molar-refractivity contribution in [2.45, 2.75) is 51.5 Å². The molecular weight excluding hydrogens is 276 g/mol. The number of hydrogen-bond donors (Lipinski definition) is 1. The van der Waals surface area contributed by atoms with Crippen molar-refractivity contribution < 1.29 is 9.59 Å². The summed E-state index contributed by atoms with van der Waals surface area (Å²) in [4.78, 5) is 26.5. The normalized spacial score (nSPS) is 36.3. The van der Waals surface area contributed by atoms with Gasteiger partial charge in [-0.15, -0.1) is 0 Å². The molecule has 4 rings (SSSR count). The maximum absolute atomic E-state index is 12.6. The van der Waals surface area contributed by atoms with Gasteiger partial charge in [0, 0.05) is 32.8 Å². The average Bonchev–Trinajstić information content (AvgIpc) is 2.46. The summed E-state index contributed by atoms with van der Waals surface area (Å²) in [6.07, 6.45) is 8.53. The van der Waals surface area contributed by atoms with E-state index in [0.29, 0.717) is 23.8 Å². The molecule has 4 aliphatic carbocycles. The lowest BCUT2D eigenvalue weighted by Gasteiger charge is -2.54. The van der Waals surface area contributed by atoms with Gasteiger partial charge in [-0.25, -0.2) is 0 Å². The van der Waals surface area contributed by atoms with Crippen molar-refractivity contribution in [3.05, 3.63) is 11.8 Å². The van der Waals surface area contributed by atoms with Crippen LogP contribution in [0.25, 0.3) is 0 Å². The van der Waals surface area contributed by atoms with Gasteiger partial charge in [-0.3, -0.25) is 9.59 Å². The Balaban J connectivity index is 1.71. The van der Waals surface area contributed by atoms with Crippen LogP contribution in [0.4, 0.5) is 0 Å². The van der Waals surface area contributed by atoms with E-state index in [9.17, 15) is 9.59 Å². The number of ketones is 1. The van der Waals surface area contributed by atoms with E-state index in [2.05, 4.69) is 5.32 Å². The van der Waals surface area contributed by atoms with Gasteiger partial charge in [0.1, 0.15) is 0 Å². The molecule has 4 aliphatic rings. The molecule has 0 aromatic carbocycles. The fourth-order valence-electron chi connectivity index (χ4n) is 5.10. The topological polar surface area (TPSA) is 49.4 Å². The average molecular weight is 304 g/mol. The molecule has 4 heteroatoms. The van der Waals surface area contributed by atoms with Crippen LogP contribution in [0.2, 0.25) is 0 Å². The van der Waals surface area contributed by atoms with Gasteiger partial charge in [0.25, 0.3) is 5.91 Å².